The highest BCUT2D eigenvalue weighted by atomic mass is 32.2. The standard InChI is InChI=1S/C5H12F2N2O3S/c6-5(7)4(10)3-9-1-2-13(8,11)12/h4-5,9-10H,1-3H2,(H2,8,11,12). The minimum absolute atomic E-state index is 0.0530. The number of aliphatic hydroxyl groups excluding tert-OH is 1. The van der Waals surface area contributed by atoms with Gasteiger partial charge in [0.2, 0.25) is 10.0 Å². The summed E-state index contributed by atoms with van der Waals surface area (Å²) >= 11 is 0. The monoisotopic (exact) mass is 218 g/mol. The van der Waals surface area contributed by atoms with Gasteiger partial charge in [0.15, 0.2) is 0 Å². The van der Waals surface area contributed by atoms with Crippen LogP contribution in [0.5, 0.6) is 0 Å². The lowest BCUT2D eigenvalue weighted by Gasteiger charge is -2.09. The Kier molecular flexibility index (Phi) is 5.30. The third-order valence-electron chi connectivity index (χ3n) is 1.21. The Bertz CT molecular complexity index is 232. The molecule has 0 heterocycles. The SMILES string of the molecule is NS(=O)(=O)CCNCC(O)C(F)F. The van der Waals surface area contributed by atoms with Gasteiger partial charge in [-0.2, -0.15) is 0 Å². The van der Waals surface area contributed by atoms with Crippen LogP contribution in [0.25, 0.3) is 0 Å². The third kappa shape index (κ3) is 8.03. The minimum atomic E-state index is -3.57. The van der Waals surface area contributed by atoms with Crippen molar-refractivity contribution in [2.45, 2.75) is 12.5 Å². The van der Waals surface area contributed by atoms with Gasteiger partial charge >= 0.3 is 0 Å². The normalized spacial score (nSPS) is 14.8. The largest absolute Gasteiger partial charge is 0.386 e. The van der Waals surface area contributed by atoms with Crippen molar-refractivity contribution >= 4 is 10.0 Å². The van der Waals surface area contributed by atoms with Gasteiger partial charge in [-0.1, -0.05) is 0 Å². The smallest absolute Gasteiger partial charge is 0.265 e. The Balaban J connectivity index is 3.47. The molecule has 8 heteroatoms. The van der Waals surface area contributed by atoms with Crippen molar-refractivity contribution in [3.05, 3.63) is 0 Å². The predicted octanol–water partition coefficient (Wildman–Crippen LogP) is -1.51. The second-order valence-corrected chi connectivity index (χ2v) is 4.21. The summed E-state index contributed by atoms with van der Waals surface area (Å²) in [5.41, 5.74) is 0. The van der Waals surface area contributed by atoms with Crippen molar-refractivity contribution in [1.29, 1.82) is 0 Å². The van der Waals surface area contributed by atoms with Crippen LogP contribution in [0.2, 0.25) is 0 Å². The number of nitrogens with two attached hydrogens (primary N) is 1. The first-order chi connectivity index (χ1) is 5.83. The molecule has 0 rings (SSSR count). The Morgan fingerprint density at radius 3 is 2.38 bits per heavy atom. The molecule has 0 aromatic carbocycles. The predicted molar refractivity (Wildman–Crippen MR) is 42.9 cm³/mol. The van der Waals surface area contributed by atoms with Gasteiger partial charge in [0, 0.05) is 13.1 Å². The molecule has 0 amide bonds. The van der Waals surface area contributed by atoms with Crippen LogP contribution in [-0.4, -0.2) is 44.9 Å². The van der Waals surface area contributed by atoms with Crippen LogP contribution in [0.3, 0.4) is 0 Å². The summed E-state index contributed by atoms with van der Waals surface area (Å²) in [6.45, 7) is -0.407. The Morgan fingerprint density at radius 1 is 1.46 bits per heavy atom. The molecule has 13 heavy (non-hydrogen) atoms. The van der Waals surface area contributed by atoms with E-state index in [2.05, 4.69) is 10.5 Å². The van der Waals surface area contributed by atoms with E-state index in [0.717, 1.165) is 0 Å². The molecule has 5 nitrogen and oxygen atoms in total. The van der Waals surface area contributed by atoms with Crippen molar-refractivity contribution in [1.82, 2.24) is 5.32 Å². The fourth-order valence-corrected chi connectivity index (χ4v) is 0.982. The lowest BCUT2D eigenvalue weighted by molar-refractivity contribution is -0.00292. The molecular weight excluding hydrogens is 206 g/mol. The van der Waals surface area contributed by atoms with E-state index in [9.17, 15) is 17.2 Å². The number of hydrogen-bond donors (Lipinski definition) is 3. The number of hydrogen-bond acceptors (Lipinski definition) is 4. The van der Waals surface area contributed by atoms with Crippen LogP contribution in [-0.2, 0) is 10.0 Å². The molecule has 0 aromatic heterocycles. The van der Waals surface area contributed by atoms with Crippen LogP contribution >= 0.6 is 0 Å². The second-order valence-electron chi connectivity index (χ2n) is 2.47. The maximum atomic E-state index is 11.7. The van der Waals surface area contributed by atoms with Gasteiger partial charge < -0.3 is 10.4 Å². The van der Waals surface area contributed by atoms with Gasteiger partial charge in [0.1, 0.15) is 6.10 Å². The van der Waals surface area contributed by atoms with Crippen molar-refractivity contribution in [2.75, 3.05) is 18.8 Å². The molecule has 0 saturated heterocycles. The molecule has 0 radical (unpaired) electrons. The Hall–Kier alpha value is -0.310. The van der Waals surface area contributed by atoms with Gasteiger partial charge in [-0.25, -0.2) is 22.3 Å². The molecular formula is C5H12F2N2O3S. The van der Waals surface area contributed by atoms with E-state index < -0.39 is 22.6 Å². The van der Waals surface area contributed by atoms with E-state index >= 15 is 0 Å². The average Bonchev–Trinajstić information content (AvgIpc) is 1.95. The van der Waals surface area contributed by atoms with Crippen LogP contribution in [0.1, 0.15) is 0 Å². The number of halogens is 2. The van der Waals surface area contributed by atoms with E-state index in [0.29, 0.717) is 0 Å². The topological polar surface area (TPSA) is 92.4 Å². The molecule has 1 unspecified atom stereocenters. The van der Waals surface area contributed by atoms with Gasteiger partial charge in [0.25, 0.3) is 6.43 Å². The molecule has 1 atom stereocenters. The van der Waals surface area contributed by atoms with Gasteiger partial charge in [-0.05, 0) is 0 Å². The number of aliphatic hydroxyl groups is 1. The number of nitrogens with one attached hydrogen (secondary N) is 1. The summed E-state index contributed by atoms with van der Waals surface area (Å²) in [4.78, 5) is 0. The highest BCUT2D eigenvalue weighted by Crippen LogP contribution is 1.97. The quantitative estimate of drug-likeness (QED) is 0.473. The fraction of sp³-hybridized carbons (Fsp3) is 1.00. The van der Waals surface area contributed by atoms with Gasteiger partial charge in [-0.15, -0.1) is 0 Å². The molecule has 0 aromatic rings. The number of alkyl halides is 2. The zero-order valence-corrected chi connectivity index (χ0v) is 7.60. The van der Waals surface area contributed by atoms with Crippen molar-refractivity contribution < 1.29 is 22.3 Å². The van der Waals surface area contributed by atoms with E-state index in [1.54, 1.807) is 0 Å². The molecule has 0 aliphatic carbocycles. The first-order valence-electron chi connectivity index (χ1n) is 3.50. The lowest BCUT2D eigenvalue weighted by Crippen LogP contribution is -2.35. The molecule has 0 fully saturated rings. The van der Waals surface area contributed by atoms with E-state index in [1.807, 2.05) is 0 Å². The summed E-state index contributed by atoms with van der Waals surface area (Å²) in [7, 11) is -3.57. The van der Waals surface area contributed by atoms with Crippen LogP contribution in [0.15, 0.2) is 0 Å². The first-order valence-corrected chi connectivity index (χ1v) is 5.22. The molecule has 0 aliphatic heterocycles. The number of primary sulfonamides is 1. The molecule has 4 N–H and O–H groups in total. The number of rotatable bonds is 6. The van der Waals surface area contributed by atoms with Crippen LogP contribution in [0, 0.1) is 0 Å². The van der Waals surface area contributed by atoms with Crippen molar-refractivity contribution in [3.63, 3.8) is 0 Å². The zero-order valence-electron chi connectivity index (χ0n) is 6.78. The van der Waals surface area contributed by atoms with E-state index in [4.69, 9.17) is 5.11 Å². The lowest BCUT2D eigenvalue weighted by atomic mass is 10.4. The Morgan fingerprint density at radius 2 is 2.00 bits per heavy atom. The molecule has 80 valence electrons. The minimum Gasteiger partial charge on any atom is -0.386 e. The summed E-state index contributed by atoms with van der Waals surface area (Å²) < 4.78 is 44.0. The Labute approximate surface area is 75.0 Å². The molecule has 0 bridgehead atoms. The maximum Gasteiger partial charge on any atom is 0.265 e. The fourth-order valence-electron chi connectivity index (χ4n) is 0.553. The molecule has 0 spiro atoms. The summed E-state index contributed by atoms with van der Waals surface area (Å²) in [6.07, 6.45) is -4.61. The zero-order chi connectivity index (χ0) is 10.5. The van der Waals surface area contributed by atoms with Gasteiger partial charge in [0.05, 0.1) is 5.75 Å². The highest BCUT2D eigenvalue weighted by molar-refractivity contribution is 7.89. The van der Waals surface area contributed by atoms with E-state index in [-0.39, 0.29) is 18.8 Å². The number of sulfonamides is 1. The average molecular weight is 218 g/mol. The molecule has 0 aliphatic rings. The molecule has 0 saturated carbocycles. The maximum absolute atomic E-state index is 11.7. The summed E-state index contributed by atoms with van der Waals surface area (Å²) in [6, 6.07) is 0. The summed E-state index contributed by atoms with van der Waals surface area (Å²) in [5, 5.41) is 15.5. The van der Waals surface area contributed by atoms with Crippen LogP contribution in [0.4, 0.5) is 8.78 Å². The van der Waals surface area contributed by atoms with Crippen molar-refractivity contribution in [2.24, 2.45) is 5.14 Å². The van der Waals surface area contributed by atoms with Crippen LogP contribution < -0.4 is 10.5 Å². The van der Waals surface area contributed by atoms with Gasteiger partial charge in [-0.3, -0.25) is 0 Å². The second kappa shape index (κ2) is 5.43. The van der Waals surface area contributed by atoms with Crippen molar-refractivity contribution in [3.8, 4) is 0 Å². The van der Waals surface area contributed by atoms with E-state index in [1.165, 1.54) is 0 Å². The highest BCUT2D eigenvalue weighted by Gasteiger charge is 2.15. The first kappa shape index (κ1) is 12.7. The summed E-state index contributed by atoms with van der Waals surface area (Å²) in [5.74, 6) is -0.344. The third-order valence-corrected chi connectivity index (χ3v) is 1.98.